The van der Waals surface area contributed by atoms with Crippen molar-refractivity contribution < 1.29 is 0 Å². The van der Waals surface area contributed by atoms with Crippen LogP contribution in [0.3, 0.4) is 0 Å². The van der Waals surface area contributed by atoms with Gasteiger partial charge in [0.25, 0.3) is 0 Å². The Morgan fingerprint density at radius 3 is 2.81 bits per heavy atom. The summed E-state index contributed by atoms with van der Waals surface area (Å²) >= 11 is 1.68. The minimum Gasteiger partial charge on any atom is -0.337 e. The Labute approximate surface area is 158 Å². The third-order valence-corrected chi connectivity index (χ3v) is 5.85. The topological polar surface area (TPSA) is 41.0 Å². The fourth-order valence-corrected chi connectivity index (χ4v) is 4.41. The summed E-state index contributed by atoms with van der Waals surface area (Å²) in [5.74, 6) is 0.851. The van der Waals surface area contributed by atoms with Crippen molar-refractivity contribution in [1.82, 2.24) is 14.9 Å². The quantitative estimate of drug-likeness (QED) is 0.550. The fraction of sp³-hybridized carbons (Fsp3) is 0.238. The van der Waals surface area contributed by atoms with Crippen LogP contribution in [0.15, 0.2) is 64.8 Å². The Kier molecular flexibility index (Phi) is 4.66. The lowest BCUT2D eigenvalue weighted by Gasteiger charge is -2.29. The summed E-state index contributed by atoms with van der Waals surface area (Å²) < 4.78 is 0. The number of benzene rings is 2. The van der Waals surface area contributed by atoms with Crippen molar-refractivity contribution in [3.05, 3.63) is 71.5 Å². The maximum Gasteiger partial charge on any atom is 0.163 e. The number of aromatic nitrogens is 2. The zero-order chi connectivity index (χ0) is 16.6. The summed E-state index contributed by atoms with van der Waals surface area (Å²) in [4.78, 5) is 12.5. The molecule has 0 fully saturated rings. The van der Waals surface area contributed by atoms with Crippen LogP contribution in [0.25, 0.3) is 0 Å². The lowest BCUT2D eigenvalue weighted by Crippen LogP contribution is -2.30. The molecule has 0 unspecified atom stereocenters. The van der Waals surface area contributed by atoms with Crippen LogP contribution in [0.5, 0.6) is 0 Å². The van der Waals surface area contributed by atoms with E-state index < -0.39 is 0 Å². The molecule has 1 aromatic heterocycles. The third-order valence-electron chi connectivity index (χ3n) is 4.78. The molecule has 2 aliphatic rings. The first kappa shape index (κ1) is 17.1. The average molecular weight is 363 g/mol. The Bertz CT molecular complexity index is 941. The highest BCUT2D eigenvalue weighted by Gasteiger charge is 2.19. The molecule has 0 saturated heterocycles. The standard InChI is InChI=1S/C20H18N4S.CH4/c1-2-4-16-13-24(10-7-15(16)3-1)12-14-5-6-18-17(11-14)23-19-20(25-18)22-9-8-21-19;/h1-6,8-9,11H,7,10,12-13H2,(H,21,23);1H4. The number of rotatable bonds is 2. The number of hydrogen-bond acceptors (Lipinski definition) is 5. The van der Waals surface area contributed by atoms with E-state index in [-0.39, 0.29) is 7.43 Å². The van der Waals surface area contributed by atoms with Gasteiger partial charge in [-0.3, -0.25) is 4.90 Å². The lowest BCUT2D eigenvalue weighted by atomic mass is 9.99. The van der Waals surface area contributed by atoms with Crippen molar-refractivity contribution in [2.45, 2.75) is 36.9 Å². The summed E-state index contributed by atoms with van der Waals surface area (Å²) in [6.45, 7) is 3.12. The van der Waals surface area contributed by atoms with Gasteiger partial charge in [-0.15, -0.1) is 0 Å². The van der Waals surface area contributed by atoms with Crippen molar-refractivity contribution in [3.63, 3.8) is 0 Å². The van der Waals surface area contributed by atoms with E-state index in [1.54, 1.807) is 24.2 Å². The molecule has 1 N–H and O–H groups in total. The molecule has 0 amide bonds. The zero-order valence-corrected chi connectivity index (χ0v) is 14.6. The molecule has 0 radical (unpaired) electrons. The van der Waals surface area contributed by atoms with E-state index in [0.29, 0.717) is 0 Å². The van der Waals surface area contributed by atoms with Crippen LogP contribution in [-0.4, -0.2) is 21.4 Å². The first-order valence-corrected chi connectivity index (χ1v) is 9.35. The van der Waals surface area contributed by atoms with Gasteiger partial charge in [-0.1, -0.05) is 49.5 Å². The van der Waals surface area contributed by atoms with Crippen LogP contribution in [0.4, 0.5) is 11.5 Å². The highest BCUT2D eigenvalue weighted by atomic mass is 32.2. The molecule has 3 aromatic rings. The molecule has 26 heavy (non-hydrogen) atoms. The van der Waals surface area contributed by atoms with Crippen molar-refractivity contribution in [2.75, 3.05) is 11.9 Å². The molecule has 2 aromatic carbocycles. The first-order chi connectivity index (χ1) is 12.3. The second-order valence-corrected chi connectivity index (χ2v) is 7.53. The van der Waals surface area contributed by atoms with Gasteiger partial charge in [0.15, 0.2) is 5.82 Å². The maximum atomic E-state index is 4.39. The van der Waals surface area contributed by atoms with E-state index >= 15 is 0 Å². The van der Waals surface area contributed by atoms with Crippen LogP contribution in [0, 0.1) is 0 Å². The predicted octanol–water partition coefficient (Wildman–Crippen LogP) is 4.88. The maximum absolute atomic E-state index is 4.39. The van der Waals surface area contributed by atoms with E-state index in [9.17, 15) is 0 Å². The van der Waals surface area contributed by atoms with Gasteiger partial charge in [0.1, 0.15) is 5.03 Å². The Balaban J connectivity index is 0.00000168. The van der Waals surface area contributed by atoms with Crippen LogP contribution in [0.2, 0.25) is 0 Å². The average Bonchev–Trinajstić information content (AvgIpc) is 2.66. The molecule has 0 spiro atoms. The lowest BCUT2D eigenvalue weighted by molar-refractivity contribution is 0.245. The number of nitrogens with zero attached hydrogens (tertiary/aromatic N) is 3. The second kappa shape index (κ2) is 7.09. The molecule has 4 nitrogen and oxygen atoms in total. The molecule has 0 bridgehead atoms. The summed E-state index contributed by atoms with van der Waals surface area (Å²) in [5, 5.41) is 4.36. The molecule has 5 heteroatoms. The molecule has 132 valence electrons. The van der Waals surface area contributed by atoms with Crippen LogP contribution >= 0.6 is 11.8 Å². The number of hydrogen-bond donors (Lipinski definition) is 1. The molecular weight excluding hydrogens is 340 g/mol. The van der Waals surface area contributed by atoms with Crippen LogP contribution in [-0.2, 0) is 19.5 Å². The molecule has 0 aliphatic carbocycles. The molecule has 2 aliphatic heterocycles. The van der Waals surface area contributed by atoms with Gasteiger partial charge in [-0.05, 0) is 35.2 Å². The SMILES string of the molecule is C.c1ccc2c(c1)CCN(Cc1ccc3c(c1)Nc1nccnc1S3)C2. The Hall–Kier alpha value is -2.37. The van der Waals surface area contributed by atoms with E-state index in [2.05, 4.69) is 62.6 Å². The summed E-state index contributed by atoms with van der Waals surface area (Å²) in [6, 6.07) is 15.5. The molecule has 5 rings (SSSR count). The predicted molar refractivity (Wildman–Crippen MR) is 107 cm³/mol. The van der Waals surface area contributed by atoms with Gasteiger partial charge in [0, 0.05) is 36.9 Å². The fourth-order valence-electron chi connectivity index (χ4n) is 3.53. The van der Waals surface area contributed by atoms with Gasteiger partial charge < -0.3 is 5.32 Å². The Morgan fingerprint density at radius 2 is 1.88 bits per heavy atom. The minimum absolute atomic E-state index is 0. The highest BCUT2D eigenvalue weighted by molar-refractivity contribution is 7.99. The van der Waals surface area contributed by atoms with E-state index in [1.165, 1.54) is 21.6 Å². The summed E-state index contributed by atoms with van der Waals surface area (Å²) in [5.41, 5.74) is 5.42. The Morgan fingerprint density at radius 1 is 1.04 bits per heavy atom. The smallest absolute Gasteiger partial charge is 0.163 e. The van der Waals surface area contributed by atoms with Crippen molar-refractivity contribution in [3.8, 4) is 0 Å². The summed E-state index contributed by atoms with van der Waals surface area (Å²) in [7, 11) is 0. The third kappa shape index (κ3) is 3.20. The molecule has 0 saturated carbocycles. The van der Waals surface area contributed by atoms with E-state index in [1.807, 2.05) is 0 Å². The largest absolute Gasteiger partial charge is 0.337 e. The van der Waals surface area contributed by atoms with E-state index in [4.69, 9.17) is 0 Å². The van der Waals surface area contributed by atoms with E-state index in [0.717, 1.165) is 42.6 Å². The summed E-state index contributed by atoms with van der Waals surface area (Å²) in [6.07, 6.45) is 4.60. The monoisotopic (exact) mass is 362 g/mol. The van der Waals surface area contributed by atoms with Gasteiger partial charge in [0.05, 0.1) is 5.69 Å². The molecule has 3 heterocycles. The number of anilines is 2. The molecular formula is C21H22N4S. The first-order valence-electron chi connectivity index (χ1n) is 8.53. The van der Waals surface area contributed by atoms with Gasteiger partial charge in [0.2, 0.25) is 0 Å². The van der Waals surface area contributed by atoms with Crippen molar-refractivity contribution in [2.24, 2.45) is 0 Å². The van der Waals surface area contributed by atoms with Crippen molar-refractivity contribution in [1.29, 1.82) is 0 Å². The van der Waals surface area contributed by atoms with Crippen molar-refractivity contribution >= 4 is 23.3 Å². The molecule has 0 atom stereocenters. The highest BCUT2D eigenvalue weighted by Crippen LogP contribution is 2.42. The van der Waals surface area contributed by atoms with Gasteiger partial charge >= 0.3 is 0 Å². The van der Waals surface area contributed by atoms with Gasteiger partial charge in [-0.2, -0.15) is 0 Å². The number of fused-ring (bicyclic) bond motifs is 3. The number of nitrogens with one attached hydrogen (secondary N) is 1. The minimum atomic E-state index is 0. The van der Waals surface area contributed by atoms with Crippen LogP contribution in [0.1, 0.15) is 24.1 Å². The van der Waals surface area contributed by atoms with Crippen LogP contribution < -0.4 is 5.32 Å². The zero-order valence-electron chi connectivity index (χ0n) is 13.8. The normalized spacial score (nSPS) is 15.1. The van der Waals surface area contributed by atoms with Gasteiger partial charge in [-0.25, -0.2) is 9.97 Å². The second-order valence-electron chi connectivity index (χ2n) is 6.50.